The molecule has 0 saturated heterocycles. The quantitative estimate of drug-likeness (QED) is 0.834. The first-order chi connectivity index (χ1) is 9.36. The van der Waals surface area contributed by atoms with Crippen molar-refractivity contribution in [3.8, 4) is 5.75 Å². The van der Waals surface area contributed by atoms with E-state index in [0.29, 0.717) is 17.9 Å². The molecular weight excluding hydrogens is 234 g/mol. The molecule has 1 aromatic carbocycles. The van der Waals surface area contributed by atoms with E-state index < -0.39 is 0 Å². The molecule has 19 heavy (non-hydrogen) atoms. The van der Waals surface area contributed by atoms with Crippen LogP contribution in [0, 0.1) is 5.92 Å². The molecule has 3 rings (SSSR count). The molecule has 0 amide bonds. The van der Waals surface area contributed by atoms with Gasteiger partial charge in [-0.3, -0.25) is 0 Å². The van der Waals surface area contributed by atoms with Gasteiger partial charge in [0.2, 0.25) is 0 Å². The molecule has 0 aromatic heterocycles. The molecule has 0 radical (unpaired) electrons. The van der Waals surface area contributed by atoms with Crippen LogP contribution >= 0.6 is 0 Å². The second-order valence-electron chi connectivity index (χ2n) is 6.13. The van der Waals surface area contributed by atoms with E-state index in [1.54, 1.807) is 0 Å². The first-order valence-electron chi connectivity index (χ1n) is 7.83. The zero-order valence-electron chi connectivity index (χ0n) is 11.7. The number of hydrogen-bond acceptors (Lipinski definition) is 2. The monoisotopic (exact) mass is 259 g/mol. The summed E-state index contributed by atoms with van der Waals surface area (Å²) in [5.74, 6) is 2.35. The van der Waals surface area contributed by atoms with Gasteiger partial charge in [0, 0.05) is 0 Å². The summed E-state index contributed by atoms with van der Waals surface area (Å²) in [6, 6.07) is 8.81. The molecule has 2 atom stereocenters. The Morgan fingerprint density at radius 2 is 1.68 bits per heavy atom. The van der Waals surface area contributed by atoms with Crippen LogP contribution in [0.1, 0.15) is 56.4 Å². The normalized spacial score (nSPS) is 27.8. The standard InChI is InChI=1S/C17H25NO/c18-12-14-4-2-1-3-5-17(14)13-6-8-15(9-7-13)19-16-10-11-16/h6-9,14,16-17H,1-5,10-12,18H2. The van der Waals surface area contributed by atoms with Gasteiger partial charge in [-0.2, -0.15) is 0 Å². The Hall–Kier alpha value is -1.02. The van der Waals surface area contributed by atoms with Crippen LogP contribution in [0.5, 0.6) is 5.75 Å². The third kappa shape index (κ3) is 3.30. The highest BCUT2D eigenvalue weighted by Gasteiger charge is 2.25. The average molecular weight is 259 g/mol. The molecule has 2 aliphatic rings. The molecule has 0 aliphatic heterocycles. The van der Waals surface area contributed by atoms with Crippen molar-refractivity contribution in [2.45, 2.75) is 57.0 Å². The Morgan fingerprint density at radius 3 is 2.37 bits per heavy atom. The lowest BCUT2D eigenvalue weighted by Crippen LogP contribution is -2.21. The Balaban J connectivity index is 1.71. The Bertz CT molecular complexity index is 396. The summed E-state index contributed by atoms with van der Waals surface area (Å²) < 4.78 is 5.82. The van der Waals surface area contributed by atoms with Crippen LogP contribution in [0.3, 0.4) is 0 Å². The second-order valence-corrected chi connectivity index (χ2v) is 6.13. The van der Waals surface area contributed by atoms with Crippen molar-refractivity contribution in [2.24, 2.45) is 11.7 Å². The molecule has 2 unspecified atom stereocenters. The van der Waals surface area contributed by atoms with Gasteiger partial charge in [0.25, 0.3) is 0 Å². The highest BCUT2D eigenvalue weighted by Crippen LogP contribution is 2.37. The fraction of sp³-hybridized carbons (Fsp3) is 0.647. The number of benzene rings is 1. The first kappa shape index (κ1) is 13.0. The summed E-state index contributed by atoms with van der Waals surface area (Å²) in [5, 5.41) is 0. The Labute approximate surface area is 116 Å². The highest BCUT2D eigenvalue weighted by molar-refractivity contribution is 5.30. The van der Waals surface area contributed by atoms with E-state index >= 15 is 0 Å². The average Bonchev–Trinajstić information content (AvgIpc) is 3.25. The maximum absolute atomic E-state index is 5.98. The largest absolute Gasteiger partial charge is 0.490 e. The lowest BCUT2D eigenvalue weighted by Gasteiger charge is -2.24. The number of ether oxygens (including phenoxy) is 1. The molecule has 2 N–H and O–H groups in total. The van der Waals surface area contributed by atoms with Gasteiger partial charge in [-0.15, -0.1) is 0 Å². The SMILES string of the molecule is NCC1CCCCCC1c1ccc(OC2CC2)cc1. The zero-order chi connectivity index (χ0) is 13.1. The fourth-order valence-corrected chi connectivity index (χ4v) is 3.28. The van der Waals surface area contributed by atoms with Gasteiger partial charge in [0.05, 0.1) is 6.10 Å². The van der Waals surface area contributed by atoms with Crippen molar-refractivity contribution in [3.63, 3.8) is 0 Å². The summed E-state index contributed by atoms with van der Waals surface area (Å²) in [5.41, 5.74) is 7.44. The molecule has 1 aromatic rings. The number of rotatable bonds is 4. The smallest absolute Gasteiger partial charge is 0.119 e. The number of nitrogens with two attached hydrogens (primary N) is 1. The van der Waals surface area contributed by atoms with Gasteiger partial charge in [-0.1, -0.05) is 31.4 Å². The van der Waals surface area contributed by atoms with Crippen LogP contribution in [0.25, 0.3) is 0 Å². The van der Waals surface area contributed by atoms with Crippen LogP contribution in [0.2, 0.25) is 0 Å². The van der Waals surface area contributed by atoms with Crippen LogP contribution in [-0.2, 0) is 0 Å². The van der Waals surface area contributed by atoms with Gasteiger partial charge in [0.1, 0.15) is 5.75 Å². The molecule has 104 valence electrons. The summed E-state index contributed by atoms with van der Waals surface area (Å²) in [7, 11) is 0. The lowest BCUT2D eigenvalue weighted by atomic mass is 9.82. The fourth-order valence-electron chi connectivity index (χ4n) is 3.28. The van der Waals surface area contributed by atoms with Gasteiger partial charge in [-0.25, -0.2) is 0 Å². The third-order valence-electron chi connectivity index (χ3n) is 4.60. The molecule has 2 aliphatic carbocycles. The van der Waals surface area contributed by atoms with Crippen LogP contribution in [0.4, 0.5) is 0 Å². The van der Waals surface area contributed by atoms with E-state index in [-0.39, 0.29) is 0 Å². The van der Waals surface area contributed by atoms with E-state index in [1.165, 1.54) is 50.5 Å². The molecule has 2 heteroatoms. The first-order valence-corrected chi connectivity index (χ1v) is 7.83. The Kier molecular flexibility index (Phi) is 4.07. The van der Waals surface area contributed by atoms with Crippen molar-refractivity contribution < 1.29 is 4.74 Å². The van der Waals surface area contributed by atoms with Crippen LogP contribution in [0.15, 0.2) is 24.3 Å². The summed E-state index contributed by atoms with van der Waals surface area (Å²) in [6.45, 7) is 0.824. The molecular formula is C17H25NO. The molecule has 2 fully saturated rings. The number of hydrogen-bond donors (Lipinski definition) is 1. The topological polar surface area (TPSA) is 35.2 Å². The zero-order valence-corrected chi connectivity index (χ0v) is 11.7. The van der Waals surface area contributed by atoms with Crippen LogP contribution < -0.4 is 10.5 Å². The van der Waals surface area contributed by atoms with Gasteiger partial charge in [-0.05, 0) is 61.8 Å². The molecule has 0 bridgehead atoms. The second kappa shape index (κ2) is 5.96. The van der Waals surface area contributed by atoms with Crippen LogP contribution in [-0.4, -0.2) is 12.6 Å². The van der Waals surface area contributed by atoms with Crippen molar-refractivity contribution in [2.75, 3.05) is 6.54 Å². The molecule has 0 spiro atoms. The van der Waals surface area contributed by atoms with Crippen molar-refractivity contribution >= 4 is 0 Å². The minimum Gasteiger partial charge on any atom is -0.490 e. The minimum absolute atomic E-state index is 0.487. The van der Waals surface area contributed by atoms with Gasteiger partial charge < -0.3 is 10.5 Å². The maximum Gasteiger partial charge on any atom is 0.119 e. The summed E-state index contributed by atoms with van der Waals surface area (Å²) >= 11 is 0. The van der Waals surface area contributed by atoms with Crippen molar-refractivity contribution in [3.05, 3.63) is 29.8 Å². The predicted molar refractivity (Wildman–Crippen MR) is 78.5 cm³/mol. The lowest BCUT2D eigenvalue weighted by molar-refractivity contribution is 0.303. The maximum atomic E-state index is 5.98. The van der Waals surface area contributed by atoms with Crippen molar-refractivity contribution in [1.29, 1.82) is 0 Å². The predicted octanol–water partition coefficient (Wildman–Crippen LogP) is 3.85. The van der Waals surface area contributed by atoms with E-state index in [0.717, 1.165) is 12.3 Å². The molecule has 0 heterocycles. The van der Waals surface area contributed by atoms with E-state index in [1.807, 2.05) is 0 Å². The van der Waals surface area contributed by atoms with E-state index in [2.05, 4.69) is 24.3 Å². The van der Waals surface area contributed by atoms with Gasteiger partial charge >= 0.3 is 0 Å². The van der Waals surface area contributed by atoms with E-state index in [9.17, 15) is 0 Å². The Morgan fingerprint density at radius 1 is 0.947 bits per heavy atom. The third-order valence-corrected chi connectivity index (χ3v) is 4.60. The minimum atomic E-state index is 0.487. The highest BCUT2D eigenvalue weighted by atomic mass is 16.5. The van der Waals surface area contributed by atoms with Gasteiger partial charge in [0.15, 0.2) is 0 Å². The summed E-state index contributed by atoms with van der Waals surface area (Å²) in [4.78, 5) is 0. The summed E-state index contributed by atoms with van der Waals surface area (Å²) in [6.07, 6.45) is 9.59. The molecule has 2 saturated carbocycles. The molecule has 2 nitrogen and oxygen atoms in total. The van der Waals surface area contributed by atoms with Crippen molar-refractivity contribution in [1.82, 2.24) is 0 Å². The van der Waals surface area contributed by atoms with E-state index in [4.69, 9.17) is 10.5 Å².